The lowest BCUT2D eigenvalue weighted by Crippen LogP contribution is -2.48. The fraction of sp³-hybridized carbons (Fsp3) is 0.412. The summed E-state index contributed by atoms with van der Waals surface area (Å²) in [7, 11) is 0. The smallest absolute Gasteiger partial charge is 0.266 e. The van der Waals surface area contributed by atoms with Gasteiger partial charge in [0.25, 0.3) is 5.91 Å². The summed E-state index contributed by atoms with van der Waals surface area (Å²) in [5.41, 5.74) is 1.54. The molecule has 0 spiro atoms. The predicted molar refractivity (Wildman–Crippen MR) is 88.2 cm³/mol. The van der Waals surface area contributed by atoms with Crippen molar-refractivity contribution in [3.05, 3.63) is 40.7 Å². The Morgan fingerprint density at radius 3 is 2.48 bits per heavy atom. The van der Waals surface area contributed by atoms with Gasteiger partial charge in [-0.25, -0.2) is 9.37 Å². The minimum Gasteiger partial charge on any atom is -0.372 e. The highest BCUT2D eigenvalue weighted by Crippen LogP contribution is 2.29. The maximum atomic E-state index is 13.0. The van der Waals surface area contributed by atoms with E-state index in [1.54, 1.807) is 12.1 Å². The quantitative estimate of drug-likeness (QED) is 0.844. The molecule has 6 heteroatoms. The molecule has 1 aliphatic heterocycles. The minimum atomic E-state index is -0.283. The van der Waals surface area contributed by atoms with Crippen molar-refractivity contribution in [1.82, 2.24) is 9.88 Å². The molecule has 1 aromatic heterocycles. The molecule has 0 bridgehead atoms. The van der Waals surface area contributed by atoms with Crippen molar-refractivity contribution in [2.75, 3.05) is 13.1 Å². The fourth-order valence-corrected chi connectivity index (χ4v) is 3.84. The number of morpholine rings is 1. The second kappa shape index (κ2) is 6.37. The summed E-state index contributed by atoms with van der Waals surface area (Å²) in [5, 5.41) is 0.736. The first-order chi connectivity index (χ1) is 10.9. The summed E-state index contributed by atoms with van der Waals surface area (Å²) < 4.78 is 18.7. The number of rotatable bonds is 2. The second-order valence-electron chi connectivity index (χ2n) is 5.91. The number of carbonyl (C=O) groups excluding carboxylic acids is 1. The number of nitrogens with zero attached hydrogens (tertiary/aromatic N) is 2. The summed E-state index contributed by atoms with van der Waals surface area (Å²) in [6.45, 7) is 6.96. The molecule has 2 aromatic rings. The van der Waals surface area contributed by atoms with Crippen LogP contribution in [0.3, 0.4) is 0 Å². The molecular weight excluding hydrogens is 315 g/mol. The number of halogens is 1. The van der Waals surface area contributed by atoms with Crippen LogP contribution >= 0.6 is 11.3 Å². The molecule has 0 N–H and O–H groups in total. The Morgan fingerprint density at radius 2 is 1.87 bits per heavy atom. The molecular formula is C17H19FN2O2S. The van der Waals surface area contributed by atoms with Gasteiger partial charge in [-0.1, -0.05) is 0 Å². The summed E-state index contributed by atoms with van der Waals surface area (Å²) in [6.07, 6.45) is 0.0694. The van der Waals surface area contributed by atoms with Gasteiger partial charge in [0.1, 0.15) is 15.7 Å². The number of thiazole rings is 1. The normalized spacial score (nSPS) is 21.5. The van der Waals surface area contributed by atoms with Gasteiger partial charge in [-0.3, -0.25) is 4.79 Å². The van der Waals surface area contributed by atoms with E-state index in [0.717, 1.165) is 10.6 Å². The highest BCUT2D eigenvalue weighted by Gasteiger charge is 2.29. The zero-order chi connectivity index (χ0) is 16.6. The standard InChI is InChI=1S/C17H19FN2O2S/c1-10-8-20(9-11(2)22-10)17(21)15-12(3)19-16(23-15)13-4-6-14(18)7-5-13/h4-7,10-11H,8-9H2,1-3H3. The van der Waals surface area contributed by atoms with Crippen molar-refractivity contribution >= 4 is 17.2 Å². The molecule has 1 saturated heterocycles. The molecule has 2 atom stereocenters. The summed E-state index contributed by atoms with van der Waals surface area (Å²) in [4.78, 5) is 19.7. The van der Waals surface area contributed by atoms with Gasteiger partial charge in [-0.2, -0.15) is 0 Å². The Morgan fingerprint density at radius 1 is 1.26 bits per heavy atom. The topological polar surface area (TPSA) is 42.4 Å². The van der Waals surface area contributed by atoms with Crippen LogP contribution in [0.4, 0.5) is 4.39 Å². The molecule has 0 saturated carbocycles. The minimum absolute atomic E-state index is 0.00429. The zero-order valence-corrected chi connectivity index (χ0v) is 14.2. The van der Waals surface area contributed by atoms with E-state index >= 15 is 0 Å². The van der Waals surface area contributed by atoms with Crippen LogP contribution in [-0.2, 0) is 4.74 Å². The number of carbonyl (C=O) groups is 1. The Labute approximate surface area is 138 Å². The lowest BCUT2D eigenvalue weighted by Gasteiger charge is -2.35. The van der Waals surface area contributed by atoms with E-state index in [0.29, 0.717) is 23.7 Å². The molecule has 122 valence electrons. The highest BCUT2D eigenvalue weighted by atomic mass is 32.1. The van der Waals surface area contributed by atoms with Gasteiger partial charge in [0.15, 0.2) is 0 Å². The van der Waals surface area contributed by atoms with E-state index in [-0.39, 0.29) is 23.9 Å². The first-order valence-corrected chi connectivity index (χ1v) is 8.44. The molecule has 3 rings (SSSR count). The Kier molecular flexibility index (Phi) is 4.46. The third-order valence-electron chi connectivity index (χ3n) is 3.79. The molecule has 1 amide bonds. The van der Waals surface area contributed by atoms with E-state index in [1.807, 2.05) is 25.7 Å². The number of aryl methyl sites for hydroxylation is 1. The number of benzene rings is 1. The van der Waals surface area contributed by atoms with Crippen LogP contribution in [-0.4, -0.2) is 41.1 Å². The summed E-state index contributed by atoms with van der Waals surface area (Å²) in [6, 6.07) is 6.17. The van der Waals surface area contributed by atoms with Crippen LogP contribution in [0.15, 0.2) is 24.3 Å². The van der Waals surface area contributed by atoms with Crippen LogP contribution in [0.25, 0.3) is 10.6 Å². The van der Waals surface area contributed by atoms with Crippen molar-refractivity contribution in [2.24, 2.45) is 0 Å². The van der Waals surface area contributed by atoms with Gasteiger partial charge in [-0.15, -0.1) is 11.3 Å². The lowest BCUT2D eigenvalue weighted by atomic mass is 10.2. The fourth-order valence-electron chi connectivity index (χ4n) is 2.80. The van der Waals surface area contributed by atoms with Crippen LogP contribution < -0.4 is 0 Å². The molecule has 0 aliphatic carbocycles. The van der Waals surface area contributed by atoms with E-state index in [9.17, 15) is 9.18 Å². The van der Waals surface area contributed by atoms with Gasteiger partial charge in [-0.05, 0) is 45.0 Å². The Balaban J connectivity index is 1.85. The lowest BCUT2D eigenvalue weighted by molar-refractivity contribution is -0.0585. The van der Waals surface area contributed by atoms with Crippen molar-refractivity contribution in [3.63, 3.8) is 0 Å². The van der Waals surface area contributed by atoms with Crippen LogP contribution in [0, 0.1) is 12.7 Å². The third-order valence-corrected chi connectivity index (χ3v) is 4.98. The first kappa shape index (κ1) is 16.1. The highest BCUT2D eigenvalue weighted by molar-refractivity contribution is 7.17. The monoisotopic (exact) mass is 334 g/mol. The molecule has 2 heterocycles. The van der Waals surface area contributed by atoms with Crippen molar-refractivity contribution in [3.8, 4) is 10.6 Å². The molecule has 1 aliphatic rings. The van der Waals surface area contributed by atoms with E-state index in [2.05, 4.69) is 4.98 Å². The average Bonchev–Trinajstić information content (AvgIpc) is 2.88. The third kappa shape index (κ3) is 3.43. The molecule has 0 radical (unpaired) electrons. The van der Waals surface area contributed by atoms with Crippen LogP contribution in [0.5, 0.6) is 0 Å². The number of ether oxygens (including phenoxy) is 1. The largest absolute Gasteiger partial charge is 0.372 e. The first-order valence-electron chi connectivity index (χ1n) is 7.62. The van der Waals surface area contributed by atoms with Gasteiger partial charge in [0.2, 0.25) is 0 Å². The maximum Gasteiger partial charge on any atom is 0.266 e. The second-order valence-corrected chi connectivity index (χ2v) is 6.91. The number of amides is 1. The molecule has 1 fully saturated rings. The summed E-state index contributed by atoms with van der Waals surface area (Å²) in [5.74, 6) is -0.287. The van der Waals surface area contributed by atoms with Crippen molar-refractivity contribution in [1.29, 1.82) is 0 Å². The van der Waals surface area contributed by atoms with Gasteiger partial charge < -0.3 is 9.64 Å². The Hall–Kier alpha value is -1.79. The number of aromatic nitrogens is 1. The predicted octanol–water partition coefficient (Wildman–Crippen LogP) is 3.51. The van der Waals surface area contributed by atoms with Gasteiger partial charge in [0.05, 0.1) is 17.9 Å². The average molecular weight is 334 g/mol. The van der Waals surface area contributed by atoms with Crippen LogP contribution in [0.1, 0.15) is 29.2 Å². The number of hydrogen-bond acceptors (Lipinski definition) is 4. The van der Waals surface area contributed by atoms with Crippen molar-refractivity contribution in [2.45, 2.75) is 33.0 Å². The molecule has 2 unspecified atom stereocenters. The molecule has 4 nitrogen and oxygen atoms in total. The van der Waals surface area contributed by atoms with E-state index in [4.69, 9.17) is 4.74 Å². The Bertz CT molecular complexity index is 704. The SMILES string of the molecule is Cc1nc(-c2ccc(F)cc2)sc1C(=O)N1CC(C)OC(C)C1. The van der Waals surface area contributed by atoms with Gasteiger partial charge in [0, 0.05) is 18.7 Å². The van der Waals surface area contributed by atoms with Crippen LogP contribution in [0.2, 0.25) is 0 Å². The van der Waals surface area contributed by atoms with E-state index in [1.165, 1.54) is 23.5 Å². The zero-order valence-electron chi connectivity index (χ0n) is 13.4. The summed E-state index contributed by atoms with van der Waals surface area (Å²) >= 11 is 1.36. The molecule has 23 heavy (non-hydrogen) atoms. The maximum absolute atomic E-state index is 13.0. The van der Waals surface area contributed by atoms with Crippen molar-refractivity contribution < 1.29 is 13.9 Å². The van der Waals surface area contributed by atoms with Gasteiger partial charge >= 0.3 is 0 Å². The number of hydrogen-bond donors (Lipinski definition) is 0. The molecule has 1 aromatic carbocycles. The van der Waals surface area contributed by atoms with E-state index < -0.39 is 0 Å².